The normalized spacial score (nSPS) is 11.4. The van der Waals surface area contributed by atoms with Crippen LogP contribution in [0.3, 0.4) is 0 Å². The molecule has 0 saturated carbocycles. The topological polar surface area (TPSA) is 114 Å². The van der Waals surface area contributed by atoms with Gasteiger partial charge in [0.1, 0.15) is 17.9 Å². The molecule has 0 spiro atoms. The van der Waals surface area contributed by atoms with E-state index in [4.69, 9.17) is 0 Å². The largest absolute Gasteiger partial charge is 0.338 e. The van der Waals surface area contributed by atoms with Gasteiger partial charge in [-0.1, -0.05) is 77.3 Å². The van der Waals surface area contributed by atoms with E-state index in [0.717, 1.165) is 46.6 Å². The van der Waals surface area contributed by atoms with Crippen LogP contribution in [0.1, 0.15) is 27.0 Å². The Hall–Kier alpha value is -4.83. The molecule has 2 heterocycles. The van der Waals surface area contributed by atoms with Crippen molar-refractivity contribution in [2.24, 2.45) is 5.73 Å². The van der Waals surface area contributed by atoms with Crippen LogP contribution in [0.25, 0.3) is 33.5 Å². The van der Waals surface area contributed by atoms with Crippen LogP contribution in [0.5, 0.6) is 0 Å². The van der Waals surface area contributed by atoms with Gasteiger partial charge in [-0.3, -0.25) is 4.79 Å². The van der Waals surface area contributed by atoms with Crippen molar-refractivity contribution < 1.29 is 19.1 Å². The van der Waals surface area contributed by atoms with E-state index in [-0.39, 0.29) is 5.82 Å². The Labute approximate surface area is 251 Å². The van der Waals surface area contributed by atoms with Crippen LogP contribution in [0.4, 0.5) is 4.39 Å². The van der Waals surface area contributed by atoms with Crippen LogP contribution in [-0.4, -0.2) is 36.9 Å². The van der Waals surface area contributed by atoms with Crippen LogP contribution in [0.15, 0.2) is 96.9 Å². The molecule has 4 aromatic carbocycles. The smallest absolute Gasteiger partial charge is 0.154 e. The average Bonchev–Trinajstić information content (AvgIpc) is 3.70. The van der Waals surface area contributed by atoms with Crippen LogP contribution in [0, 0.1) is 26.6 Å². The van der Waals surface area contributed by atoms with Crippen molar-refractivity contribution in [1.82, 2.24) is 20.8 Å². The van der Waals surface area contributed by atoms with Gasteiger partial charge >= 0.3 is 0 Å². The van der Waals surface area contributed by atoms with E-state index in [9.17, 15) is 9.18 Å². The van der Waals surface area contributed by atoms with Crippen LogP contribution >= 0.6 is 0 Å². The highest BCUT2D eigenvalue weighted by Gasteiger charge is 2.15. The van der Waals surface area contributed by atoms with E-state index in [2.05, 4.69) is 74.5 Å². The minimum Gasteiger partial charge on any atom is -0.338 e. The standard InChI is InChI=1S/C21H17FN2.C8H8O.C4H8N2O2.CH5N/c1-13-6-3-4-8-16(13)20-14(2)7-5-9-17(20)21-23-18-11-10-15(22)12-19(18)24-21;1-7-2-4-8(6-9)5-3-7;1-5-2-4-3-7-8-6-4;1-2/h3-12H,1-2H3,(H,23,24);2-6H,1H3;3,5-6H,2H2,1H3;2H2,1H3. The molecule has 0 bridgehead atoms. The number of hydrogen-bond acceptors (Lipinski definition) is 7. The average molecular weight is 584 g/mol. The molecular formula is C34H38FN5O3. The Bertz CT molecular complexity index is 1650. The van der Waals surface area contributed by atoms with Gasteiger partial charge in [0.25, 0.3) is 0 Å². The lowest BCUT2D eigenvalue weighted by molar-refractivity contribution is -0.265. The number of halogens is 1. The SMILES string of the molecule is CN.CNCC1=COON1.Cc1ccc(C=O)cc1.Cc1ccccc1-c1c(C)cccc1-c1nc2ccc(F)cc2[nH]1. The number of benzene rings is 4. The van der Waals surface area contributed by atoms with Gasteiger partial charge < -0.3 is 20.9 Å². The molecular weight excluding hydrogens is 545 g/mol. The molecule has 0 radical (unpaired) electrons. The van der Waals surface area contributed by atoms with Crippen molar-refractivity contribution in [2.45, 2.75) is 20.8 Å². The number of aromatic nitrogens is 2. The fraction of sp³-hybridized carbons (Fsp3) is 0.176. The summed E-state index contributed by atoms with van der Waals surface area (Å²) in [5.41, 5.74) is 17.1. The predicted molar refractivity (Wildman–Crippen MR) is 170 cm³/mol. The number of hydroxylamine groups is 1. The second kappa shape index (κ2) is 16.6. The third-order valence-corrected chi connectivity index (χ3v) is 6.38. The molecule has 224 valence electrons. The number of aldehydes is 1. The number of carbonyl (C=O) groups excluding carboxylic acids is 1. The summed E-state index contributed by atoms with van der Waals surface area (Å²) in [5, 5.41) is 2.92. The first-order valence-electron chi connectivity index (χ1n) is 13.7. The Morgan fingerprint density at radius 3 is 2.26 bits per heavy atom. The van der Waals surface area contributed by atoms with Crippen molar-refractivity contribution in [2.75, 3.05) is 20.6 Å². The molecule has 1 aliphatic heterocycles. The molecule has 0 fully saturated rings. The summed E-state index contributed by atoms with van der Waals surface area (Å²) < 4.78 is 13.5. The number of nitrogens with zero attached hydrogens (tertiary/aromatic N) is 1. The quantitative estimate of drug-likeness (QED) is 0.137. The second-order valence-electron chi connectivity index (χ2n) is 9.54. The summed E-state index contributed by atoms with van der Waals surface area (Å²) in [6.07, 6.45) is 2.36. The van der Waals surface area contributed by atoms with Gasteiger partial charge in [0, 0.05) is 17.7 Å². The van der Waals surface area contributed by atoms with Crippen molar-refractivity contribution in [3.8, 4) is 22.5 Å². The first-order valence-corrected chi connectivity index (χ1v) is 13.7. The molecule has 0 atom stereocenters. The minimum atomic E-state index is -0.263. The lowest BCUT2D eigenvalue weighted by atomic mass is 9.92. The van der Waals surface area contributed by atoms with Gasteiger partial charge in [-0.2, -0.15) is 0 Å². The number of nitrogens with two attached hydrogens (primary N) is 1. The van der Waals surface area contributed by atoms with Gasteiger partial charge in [0.05, 0.1) is 16.7 Å². The summed E-state index contributed by atoms with van der Waals surface area (Å²) >= 11 is 0. The van der Waals surface area contributed by atoms with E-state index in [1.165, 1.54) is 47.7 Å². The van der Waals surface area contributed by atoms with Gasteiger partial charge in [0.15, 0.2) is 6.26 Å². The number of aromatic amines is 1. The molecule has 0 amide bonds. The number of fused-ring (bicyclic) bond motifs is 1. The van der Waals surface area contributed by atoms with Gasteiger partial charge in [0.2, 0.25) is 0 Å². The predicted octanol–water partition coefficient (Wildman–Crippen LogP) is 6.55. The summed E-state index contributed by atoms with van der Waals surface area (Å²) in [6.45, 7) is 6.95. The zero-order chi connectivity index (χ0) is 31.2. The van der Waals surface area contributed by atoms with Gasteiger partial charge in [-0.05, 0) is 75.3 Å². The van der Waals surface area contributed by atoms with E-state index in [0.29, 0.717) is 5.52 Å². The number of H-pyrrole nitrogens is 1. The number of likely N-dealkylation sites (N-methyl/N-ethyl adjacent to an activating group) is 1. The van der Waals surface area contributed by atoms with Crippen molar-refractivity contribution in [1.29, 1.82) is 0 Å². The first-order chi connectivity index (χ1) is 20.9. The highest BCUT2D eigenvalue weighted by Crippen LogP contribution is 2.35. The lowest BCUT2D eigenvalue weighted by Gasteiger charge is -2.13. The highest BCUT2D eigenvalue weighted by atomic mass is 19.1. The van der Waals surface area contributed by atoms with Crippen molar-refractivity contribution in [3.63, 3.8) is 0 Å². The first kappa shape index (κ1) is 32.7. The number of aryl methyl sites for hydroxylation is 3. The number of rotatable bonds is 5. The van der Waals surface area contributed by atoms with E-state index in [1.54, 1.807) is 6.07 Å². The monoisotopic (exact) mass is 583 g/mol. The minimum absolute atomic E-state index is 0.263. The van der Waals surface area contributed by atoms with Crippen LogP contribution < -0.4 is 16.5 Å². The van der Waals surface area contributed by atoms with Crippen molar-refractivity contribution in [3.05, 3.63) is 125 Å². The maximum Gasteiger partial charge on any atom is 0.154 e. The molecule has 9 heteroatoms. The zero-order valence-corrected chi connectivity index (χ0v) is 25.1. The number of imidazole rings is 1. The fourth-order valence-corrected chi connectivity index (χ4v) is 4.28. The summed E-state index contributed by atoms with van der Waals surface area (Å²) in [6, 6.07) is 26.6. The Morgan fingerprint density at radius 2 is 1.60 bits per heavy atom. The van der Waals surface area contributed by atoms with Gasteiger partial charge in [-0.15, -0.1) is 0 Å². The molecule has 1 aliphatic rings. The van der Waals surface area contributed by atoms with E-state index < -0.39 is 0 Å². The molecule has 6 rings (SSSR count). The molecule has 0 aliphatic carbocycles. The fourth-order valence-electron chi connectivity index (χ4n) is 4.28. The molecule has 5 aromatic rings. The molecule has 0 unspecified atom stereocenters. The number of nitrogens with one attached hydrogen (secondary N) is 3. The number of carbonyl (C=O) groups is 1. The third kappa shape index (κ3) is 9.08. The molecule has 1 aromatic heterocycles. The Morgan fingerprint density at radius 1 is 0.907 bits per heavy atom. The van der Waals surface area contributed by atoms with E-state index >= 15 is 0 Å². The Balaban J connectivity index is 0.000000218. The van der Waals surface area contributed by atoms with Gasteiger partial charge in [-0.25, -0.2) is 14.9 Å². The molecule has 43 heavy (non-hydrogen) atoms. The summed E-state index contributed by atoms with van der Waals surface area (Å²) in [4.78, 5) is 26.8. The number of hydrogen-bond donors (Lipinski definition) is 4. The van der Waals surface area contributed by atoms with Crippen molar-refractivity contribution >= 4 is 17.3 Å². The molecule has 5 N–H and O–H groups in total. The lowest BCUT2D eigenvalue weighted by Crippen LogP contribution is -2.17. The summed E-state index contributed by atoms with van der Waals surface area (Å²) in [7, 11) is 3.35. The second-order valence-corrected chi connectivity index (χ2v) is 9.54. The summed E-state index contributed by atoms with van der Waals surface area (Å²) in [5.74, 6) is 0.499. The molecule has 0 saturated heterocycles. The zero-order valence-electron chi connectivity index (χ0n) is 25.1. The van der Waals surface area contributed by atoms with Crippen LogP contribution in [0.2, 0.25) is 0 Å². The van der Waals surface area contributed by atoms with Crippen LogP contribution in [-0.2, 0) is 9.88 Å². The highest BCUT2D eigenvalue weighted by molar-refractivity contribution is 5.88. The Kier molecular flexibility index (Phi) is 12.6. The third-order valence-electron chi connectivity index (χ3n) is 6.38. The molecule has 8 nitrogen and oxygen atoms in total. The maximum atomic E-state index is 13.5. The van der Waals surface area contributed by atoms with E-state index in [1.807, 2.05) is 56.4 Å². The maximum absolute atomic E-state index is 13.5.